The summed E-state index contributed by atoms with van der Waals surface area (Å²) in [7, 11) is 0. The van der Waals surface area contributed by atoms with E-state index in [9.17, 15) is 35.1 Å². The van der Waals surface area contributed by atoms with Crippen molar-refractivity contribution in [3.63, 3.8) is 0 Å². The van der Waals surface area contributed by atoms with Crippen LogP contribution in [0.15, 0.2) is 24.3 Å². The van der Waals surface area contributed by atoms with Gasteiger partial charge in [0.05, 0.1) is 32.0 Å². The van der Waals surface area contributed by atoms with E-state index in [0.717, 1.165) is 57.8 Å². The summed E-state index contributed by atoms with van der Waals surface area (Å²) >= 11 is 0. The third kappa shape index (κ3) is 50.8. The lowest BCUT2D eigenvalue weighted by Gasteiger charge is -2.40. The second kappa shape index (κ2) is 61.8. The topological polar surface area (TPSA) is 175 Å². The van der Waals surface area contributed by atoms with Gasteiger partial charge in [0.2, 0.25) is 5.91 Å². The Morgan fingerprint density at radius 2 is 0.771 bits per heavy atom. The Kier molecular flexibility index (Phi) is 58.9. The van der Waals surface area contributed by atoms with Crippen LogP contribution in [0.1, 0.15) is 361 Å². The zero-order valence-electron chi connectivity index (χ0n) is 54.4. The summed E-state index contributed by atoms with van der Waals surface area (Å²) in [5.74, 6) is -0.173. The van der Waals surface area contributed by atoms with Crippen molar-refractivity contribution in [2.45, 2.75) is 403 Å². The molecule has 1 rings (SSSR count). The van der Waals surface area contributed by atoms with Gasteiger partial charge in [-0.1, -0.05) is 314 Å². The first kappa shape index (κ1) is 79.2. The molecule has 7 atom stereocenters. The zero-order valence-corrected chi connectivity index (χ0v) is 54.4. The van der Waals surface area contributed by atoms with Gasteiger partial charge < -0.3 is 45.1 Å². The maximum Gasteiger partial charge on any atom is 0.305 e. The van der Waals surface area contributed by atoms with Crippen LogP contribution in [0.4, 0.5) is 0 Å². The summed E-state index contributed by atoms with van der Waals surface area (Å²) in [4.78, 5) is 25.1. The van der Waals surface area contributed by atoms with E-state index in [0.29, 0.717) is 19.4 Å². The number of nitrogens with one attached hydrogen (secondary N) is 1. The maximum atomic E-state index is 13.0. The third-order valence-corrected chi connectivity index (χ3v) is 17.3. The van der Waals surface area contributed by atoms with E-state index < -0.39 is 49.5 Å². The average Bonchev–Trinajstić information content (AvgIpc) is 3.54. The first-order valence-corrected chi connectivity index (χ1v) is 36.1. The van der Waals surface area contributed by atoms with Crippen LogP contribution in [0.25, 0.3) is 0 Å². The van der Waals surface area contributed by atoms with Gasteiger partial charge in [0.15, 0.2) is 6.29 Å². The van der Waals surface area contributed by atoms with E-state index in [-0.39, 0.29) is 18.5 Å². The predicted octanol–water partition coefficient (Wildman–Crippen LogP) is 18.4. The number of ether oxygens (including phenoxy) is 3. The van der Waals surface area contributed by atoms with Gasteiger partial charge in [-0.3, -0.25) is 9.59 Å². The molecule has 0 radical (unpaired) electrons. The van der Waals surface area contributed by atoms with Gasteiger partial charge in [0.25, 0.3) is 0 Å². The Morgan fingerprint density at radius 3 is 1.16 bits per heavy atom. The summed E-state index contributed by atoms with van der Waals surface area (Å²) in [6.07, 6.45) is 67.7. The minimum absolute atomic E-state index is 0.00495. The van der Waals surface area contributed by atoms with Crippen LogP contribution in [0.3, 0.4) is 0 Å². The highest BCUT2D eigenvalue weighted by molar-refractivity contribution is 5.76. The summed E-state index contributed by atoms with van der Waals surface area (Å²) in [5, 5.41) is 54.3. The molecule has 0 aromatic rings. The van der Waals surface area contributed by atoms with Gasteiger partial charge >= 0.3 is 5.97 Å². The van der Waals surface area contributed by atoms with Crippen LogP contribution in [0, 0.1) is 0 Å². The molecule has 1 heterocycles. The second-order valence-corrected chi connectivity index (χ2v) is 25.3. The Labute approximate surface area is 511 Å². The van der Waals surface area contributed by atoms with Gasteiger partial charge in [-0.2, -0.15) is 0 Å². The van der Waals surface area contributed by atoms with Gasteiger partial charge in [-0.05, 0) is 57.8 Å². The van der Waals surface area contributed by atoms with Crippen LogP contribution < -0.4 is 5.32 Å². The Hall–Kier alpha value is -1.86. The molecule has 6 N–H and O–H groups in total. The molecule has 1 saturated heterocycles. The van der Waals surface area contributed by atoms with Crippen LogP contribution in [0.5, 0.6) is 0 Å². The Balaban J connectivity index is 1.88. The van der Waals surface area contributed by atoms with Crippen molar-refractivity contribution >= 4 is 11.9 Å². The standard InChI is InChI=1S/C72H137NO10/c1-3-5-7-9-11-13-14-15-16-34-37-40-44-48-52-56-60-68(77)81-61-57-53-49-45-41-38-35-32-30-28-26-24-22-20-18-17-19-21-23-25-27-29-31-33-36-39-43-47-51-55-59-67(76)73-64(65(75)58-54-50-46-42-12-10-8-6-4-2)63-82-72-71(80)70(79)69(78)66(62-74)83-72/h16,34,54,58,64-66,69-72,74-75,78-80H,3-15,17-33,35-53,55-57,59-63H2,1-2H3,(H,73,76)/b34-16-,58-54+. The number of aliphatic hydroxyl groups excluding tert-OH is 5. The van der Waals surface area contributed by atoms with Crippen molar-refractivity contribution in [3.8, 4) is 0 Å². The summed E-state index contributed by atoms with van der Waals surface area (Å²) < 4.78 is 16.7. The summed E-state index contributed by atoms with van der Waals surface area (Å²) in [6.45, 7) is 4.35. The number of aliphatic hydroxyl groups is 5. The molecule has 1 aliphatic heterocycles. The number of amides is 1. The number of carbonyl (C=O) groups excluding carboxylic acids is 2. The van der Waals surface area contributed by atoms with Crippen LogP contribution in [0.2, 0.25) is 0 Å². The van der Waals surface area contributed by atoms with Crippen molar-refractivity contribution in [1.29, 1.82) is 0 Å². The number of unbranched alkanes of at least 4 members (excludes halogenated alkanes) is 48. The minimum atomic E-state index is -1.57. The molecule has 7 unspecified atom stereocenters. The lowest BCUT2D eigenvalue weighted by molar-refractivity contribution is -0.302. The fourth-order valence-electron chi connectivity index (χ4n) is 11.6. The summed E-state index contributed by atoms with van der Waals surface area (Å²) in [6, 6.07) is -0.805. The highest BCUT2D eigenvalue weighted by Crippen LogP contribution is 2.23. The Morgan fingerprint density at radius 1 is 0.434 bits per heavy atom. The summed E-state index contributed by atoms with van der Waals surface area (Å²) in [5.41, 5.74) is 0. The number of rotatable bonds is 64. The van der Waals surface area contributed by atoms with E-state index in [1.807, 2.05) is 6.08 Å². The van der Waals surface area contributed by atoms with E-state index >= 15 is 0 Å². The van der Waals surface area contributed by atoms with E-state index in [2.05, 4.69) is 31.3 Å². The minimum Gasteiger partial charge on any atom is -0.466 e. The molecule has 0 aromatic heterocycles. The molecule has 0 spiro atoms. The quantitative estimate of drug-likeness (QED) is 0.0195. The molecular formula is C72H137NO10. The van der Waals surface area contributed by atoms with E-state index in [4.69, 9.17) is 14.2 Å². The molecule has 83 heavy (non-hydrogen) atoms. The molecule has 0 bridgehead atoms. The van der Waals surface area contributed by atoms with Gasteiger partial charge in [0, 0.05) is 12.8 Å². The number of hydrogen-bond acceptors (Lipinski definition) is 10. The first-order valence-electron chi connectivity index (χ1n) is 36.1. The van der Waals surface area contributed by atoms with Crippen molar-refractivity contribution in [1.82, 2.24) is 5.32 Å². The molecule has 11 nitrogen and oxygen atoms in total. The van der Waals surface area contributed by atoms with Crippen molar-refractivity contribution in [3.05, 3.63) is 24.3 Å². The SMILES string of the molecule is CCCCCCCCC/C=C\CCCCCCCC(=O)OCCCCCCCCCCCCCCCCCCCCCCCCCCCCCCCCC(=O)NC(COC1OC(CO)C(O)C(O)C1O)C(O)/C=C/CCCCCCCCC. The van der Waals surface area contributed by atoms with E-state index in [1.54, 1.807) is 6.08 Å². The molecule has 0 aromatic carbocycles. The zero-order chi connectivity index (χ0) is 60.2. The highest BCUT2D eigenvalue weighted by Gasteiger charge is 2.44. The number of allylic oxidation sites excluding steroid dienone is 3. The molecule has 0 saturated carbocycles. The molecule has 1 amide bonds. The van der Waals surface area contributed by atoms with Crippen molar-refractivity contribution in [2.75, 3.05) is 19.8 Å². The van der Waals surface area contributed by atoms with Crippen LogP contribution >= 0.6 is 0 Å². The second-order valence-electron chi connectivity index (χ2n) is 25.3. The van der Waals surface area contributed by atoms with Crippen molar-refractivity contribution in [2.24, 2.45) is 0 Å². The third-order valence-electron chi connectivity index (χ3n) is 17.3. The number of hydrogen-bond donors (Lipinski definition) is 6. The van der Waals surface area contributed by atoms with E-state index in [1.165, 1.54) is 276 Å². The molecule has 1 fully saturated rings. The largest absolute Gasteiger partial charge is 0.466 e. The fraction of sp³-hybridized carbons (Fsp3) is 0.917. The van der Waals surface area contributed by atoms with Gasteiger partial charge in [-0.25, -0.2) is 0 Å². The average molecular weight is 1180 g/mol. The van der Waals surface area contributed by atoms with Crippen molar-refractivity contribution < 1.29 is 49.3 Å². The smallest absolute Gasteiger partial charge is 0.305 e. The first-order chi connectivity index (χ1) is 40.7. The monoisotopic (exact) mass is 1180 g/mol. The number of esters is 1. The molecular weight excluding hydrogens is 1040 g/mol. The highest BCUT2D eigenvalue weighted by atomic mass is 16.7. The number of carbonyl (C=O) groups is 2. The lowest BCUT2D eigenvalue weighted by atomic mass is 9.99. The molecule has 490 valence electrons. The molecule has 0 aliphatic carbocycles. The molecule has 1 aliphatic rings. The maximum absolute atomic E-state index is 13.0. The Bertz CT molecular complexity index is 1430. The predicted molar refractivity (Wildman–Crippen MR) is 348 cm³/mol. The normalized spacial score (nSPS) is 18.2. The fourth-order valence-corrected chi connectivity index (χ4v) is 11.6. The van der Waals surface area contributed by atoms with Crippen LogP contribution in [-0.4, -0.2) is 100 Å². The van der Waals surface area contributed by atoms with Gasteiger partial charge in [0.1, 0.15) is 24.4 Å². The van der Waals surface area contributed by atoms with Crippen LogP contribution in [-0.2, 0) is 23.8 Å². The lowest BCUT2D eigenvalue weighted by Crippen LogP contribution is -2.60. The molecule has 11 heteroatoms. The van der Waals surface area contributed by atoms with Gasteiger partial charge in [-0.15, -0.1) is 0 Å².